The maximum atomic E-state index is 13.4. The van der Waals surface area contributed by atoms with E-state index in [0.717, 1.165) is 53.1 Å². The minimum Gasteiger partial charge on any atom is -0.488 e. The highest BCUT2D eigenvalue weighted by Crippen LogP contribution is 2.27. The minimum atomic E-state index is -1.11. The highest BCUT2D eigenvalue weighted by molar-refractivity contribution is 7.83. The van der Waals surface area contributed by atoms with Gasteiger partial charge in [-0.3, -0.25) is 19.4 Å². The summed E-state index contributed by atoms with van der Waals surface area (Å²) in [5.41, 5.74) is 4.58. The van der Waals surface area contributed by atoms with Gasteiger partial charge in [0, 0.05) is 54.8 Å². The van der Waals surface area contributed by atoms with E-state index in [1.807, 2.05) is 69.0 Å². The Hall–Kier alpha value is -4.15. The number of carbonyl (C=O) groups excluding carboxylic acids is 3. The van der Waals surface area contributed by atoms with Crippen LogP contribution in [0.4, 0.5) is 0 Å². The summed E-state index contributed by atoms with van der Waals surface area (Å²) in [6, 6.07) is 9.56. The van der Waals surface area contributed by atoms with Crippen molar-refractivity contribution in [3.63, 3.8) is 0 Å². The third kappa shape index (κ3) is 9.68. The van der Waals surface area contributed by atoms with Crippen LogP contribution in [0.25, 0.3) is 0 Å². The number of allylic oxidation sites excluding steroid dienone is 4. The summed E-state index contributed by atoms with van der Waals surface area (Å²) in [7, 11) is -1.11. The zero-order chi connectivity index (χ0) is 33.9. The standard InChI is InChI=1S/C37H46N4O5S/c1-7-29(21-32(8-2)39-37(44)35-26(5)17-19-45-35)27(6)30-20-31(23-38-22-30)36(43)40-47(46-9-3)33-13-10-28(11-14-33)12-15-34(42)41-18-16-25(4)24-41/h7-8,10-11,13-14,20-23,25,27H,1,9,12,15-19,24H2,2-6H3,(H,39,44)/b29-21+,32-8+. The first-order chi connectivity index (χ1) is 22.6. The van der Waals surface area contributed by atoms with E-state index < -0.39 is 16.9 Å². The van der Waals surface area contributed by atoms with E-state index in [9.17, 15) is 14.4 Å². The molecule has 250 valence electrons. The molecule has 10 heteroatoms. The molecule has 47 heavy (non-hydrogen) atoms. The summed E-state index contributed by atoms with van der Waals surface area (Å²) >= 11 is 0. The highest BCUT2D eigenvalue weighted by atomic mass is 32.2. The maximum absolute atomic E-state index is 13.4. The summed E-state index contributed by atoms with van der Waals surface area (Å²) in [4.78, 5) is 45.8. The average molecular weight is 659 g/mol. The molecular formula is C37H46N4O5S. The van der Waals surface area contributed by atoms with Crippen molar-refractivity contribution in [2.24, 2.45) is 10.3 Å². The third-order valence-electron chi connectivity index (χ3n) is 8.37. The van der Waals surface area contributed by atoms with E-state index in [2.05, 4.69) is 28.2 Å². The second-order valence-corrected chi connectivity index (χ2v) is 13.3. The van der Waals surface area contributed by atoms with Crippen LogP contribution >= 0.6 is 0 Å². The number of nitrogens with one attached hydrogen (secondary N) is 1. The molecule has 0 aliphatic carbocycles. The van der Waals surface area contributed by atoms with Gasteiger partial charge >= 0.3 is 0 Å². The summed E-state index contributed by atoms with van der Waals surface area (Å²) in [5, 5.41) is 2.92. The zero-order valence-corrected chi connectivity index (χ0v) is 28.9. The van der Waals surface area contributed by atoms with Crippen LogP contribution in [0.5, 0.6) is 0 Å². The quantitative estimate of drug-likeness (QED) is 0.238. The van der Waals surface area contributed by atoms with Crippen LogP contribution in [0.3, 0.4) is 0 Å². The molecule has 2 aliphatic heterocycles. The van der Waals surface area contributed by atoms with Crippen molar-refractivity contribution in [3.05, 3.63) is 107 Å². The molecule has 0 saturated carbocycles. The molecule has 9 nitrogen and oxygen atoms in total. The van der Waals surface area contributed by atoms with Crippen LogP contribution in [0.15, 0.2) is 99.4 Å². The van der Waals surface area contributed by atoms with Crippen molar-refractivity contribution in [1.29, 1.82) is 0 Å². The fourth-order valence-corrected chi connectivity index (χ4v) is 6.60. The number of pyridine rings is 1. The number of aromatic nitrogens is 1. The lowest BCUT2D eigenvalue weighted by atomic mass is 9.92. The van der Waals surface area contributed by atoms with Gasteiger partial charge in [-0.05, 0) is 86.1 Å². The summed E-state index contributed by atoms with van der Waals surface area (Å²) in [5.74, 6) is 0.251. The molecule has 4 rings (SSSR count). The Balaban J connectivity index is 1.45. The number of carbonyl (C=O) groups is 3. The van der Waals surface area contributed by atoms with Crippen molar-refractivity contribution in [2.45, 2.75) is 71.1 Å². The maximum Gasteiger partial charge on any atom is 0.290 e. The van der Waals surface area contributed by atoms with Gasteiger partial charge in [0.15, 0.2) is 5.76 Å². The molecule has 3 amide bonds. The molecule has 1 aromatic heterocycles. The van der Waals surface area contributed by atoms with Gasteiger partial charge in [-0.2, -0.15) is 4.36 Å². The molecular weight excluding hydrogens is 612 g/mol. The minimum absolute atomic E-state index is 0.179. The van der Waals surface area contributed by atoms with Crippen LogP contribution in [0, 0.1) is 5.92 Å². The summed E-state index contributed by atoms with van der Waals surface area (Å²) in [6.07, 6.45) is 11.6. The Morgan fingerprint density at radius 3 is 2.64 bits per heavy atom. The Morgan fingerprint density at radius 1 is 1.26 bits per heavy atom. The second-order valence-electron chi connectivity index (χ2n) is 11.9. The number of hydrogen-bond acceptors (Lipinski definition) is 6. The lowest BCUT2D eigenvalue weighted by Crippen LogP contribution is -2.28. The lowest BCUT2D eigenvalue weighted by Gasteiger charge is -2.16. The monoisotopic (exact) mass is 658 g/mol. The number of nitrogens with zero attached hydrogens (tertiary/aromatic N) is 3. The molecule has 2 aliphatic rings. The van der Waals surface area contributed by atoms with Gasteiger partial charge in [-0.25, -0.2) is 0 Å². The largest absolute Gasteiger partial charge is 0.488 e. The molecule has 1 aromatic carbocycles. The lowest BCUT2D eigenvalue weighted by molar-refractivity contribution is -0.130. The SMILES string of the molecule is C=C/C(=C\C(=C/C)NC(=O)C1=C(C)CCO1)C(C)c1cncc(C(=O)N=S(OCC)c2ccc(CCC(=O)N3CCC(C)C3)cc2)c1. The molecule has 1 saturated heterocycles. The van der Waals surface area contributed by atoms with Crippen LogP contribution < -0.4 is 5.32 Å². The predicted molar refractivity (Wildman–Crippen MR) is 185 cm³/mol. The number of benzene rings is 1. The molecule has 1 fully saturated rings. The number of hydrogen-bond donors (Lipinski definition) is 1. The first kappa shape index (κ1) is 35.7. The second kappa shape index (κ2) is 17.1. The Labute approximate surface area is 281 Å². The number of amides is 3. The van der Waals surface area contributed by atoms with Crippen LogP contribution in [-0.2, 0) is 35.9 Å². The van der Waals surface area contributed by atoms with Gasteiger partial charge in [0.05, 0.1) is 29.7 Å². The first-order valence-corrected chi connectivity index (χ1v) is 17.3. The molecule has 3 atom stereocenters. The summed E-state index contributed by atoms with van der Waals surface area (Å²) < 4.78 is 15.8. The van der Waals surface area contributed by atoms with Crippen LogP contribution in [0.2, 0.25) is 0 Å². The number of aryl methyl sites for hydroxylation is 1. The van der Waals surface area contributed by atoms with Crippen molar-refractivity contribution in [2.75, 3.05) is 26.3 Å². The smallest absolute Gasteiger partial charge is 0.290 e. The van der Waals surface area contributed by atoms with Crippen LogP contribution in [-0.4, -0.2) is 53.9 Å². The van der Waals surface area contributed by atoms with E-state index in [4.69, 9.17) is 8.92 Å². The van der Waals surface area contributed by atoms with Crippen molar-refractivity contribution < 1.29 is 23.3 Å². The van der Waals surface area contributed by atoms with E-state index in [-0.39, 0.29) is 17.7 Å². The van der Waals surface area contributed by atoms with Gasteiger partial charge in [-0.1, -0.05) is 44.7 Å². The Bertz CT molecular complexity index is 1610. The molecule has 0 bridgehead atoms. The normalized spacial score (nSPS) is 18.2. The van der Waals surface area contributed by atoms with E-state index in [1.54, 1.807) is 18.3 Å². The number of rotatable bonds is 13. The van der Waals surface area contributed by atoms with Gasteiger partial charge in [0.2, 0.25) is 5.91 Å². The number of likely N-dealkylation sites (tertiary alicyclic amines) is 1. The highest BCUT2D eigenvalue weighted by Gasteiger charge is 2.23. The van der Waals surface area contributed by atoms with Gasteiger partial charge < -0.3 is 19.1 Å². The number of ether oxygens (including phenoxy) is 1. The molecule has 3 unspecified atom stereocenters. The fourth-order valence-electron chi connectivity index (χ4n) is 5.46. The third-order valence-corrected chi connectivity index (χ3v) is 9.84. The first-order valence-electron chi connectivity index (χ1n) is 16.2. The molecule has 1 N–H and O–H groups in total. The Kier molecular flexibility index (Phi) is 13.0. The Morgan fingerprint density at radius 2 is 2.02 bits per heavy atom. The molecule has 0 radical (unpaired) electrons. The van der Waals surface area contributed by atoms with Crippen molar-refractivity contribution >= 4 is 28.7 Å². The van der Waals surface area contributed by atoms with E-state index in [0.29, 0.717) is 49.0 Å². The van der Waals surface area contributed by atoms with Crippen molar-refractivity contribution in [1.82, 2.24) is 15.2 Å². The summed E-state index contributed by atoms with van der Waals surface area (Å²) in [6.45, 7) is 16.4. The predicted octanol–water partition coefficient (Wildman–Crippen LogP) is 6.77. The zero-order valence-electron chi connectivity index (χ0n) is 28.1. The molecule has 3 heterocycles. The van der Waals surface area contributed by atoms with E-state index in [1.165, 1.54) is 6.20 Å². The topological polar surface area (TPSA) is 110 Å². The average Bonchev–Trinajstić information content (AvgIpc) is 3.73. The van der Waals surface area contributed by atoms with Gasteiger partial charge in [0.1, 0.15) is 0 Å². The van der Waals surface area contributed by atoms with Gasteiger partial charge in [0.25, 0.3) is 11.8 Å². The van der Waals surface area contributed by atoms with Crippen LogP contribution in [0.1, 0.15) is 81.3 Å². The van der Waals surface area contributed by atoms with Crippen molar-refractivity contribution in [3.8, 4) is 0 Å². The van der Waals surface area contributed by atoms with Gasteiger partial charge in [-0.15, -0.1) is 0 Å². The fraction of sp³-hybridized carbons (Fsp3) is 0.405. The van der Waals surface area contributed by atoms with E-state index >= 15 is 0 Å². The molecule has 2 aromatic rings. The molecule has 0 spiro atoms.